The first kappa shape index (κ1) is 28.6. The van der Waals surface area contributed by atoms with Gasteiger partial charge in [-0.25, -0.2) is 4.79 Å². The molecule has 2 amide bonds. The number of fused-ring (bicyclic) bond motifs is 3. The molecule has 4 aromatic carbocycles. The Labute approximate surface area is 245 Å². The highest BCUT2D eigenvalue weighted by Crippen LogP contribution is 2.44. The molecule has 5 rings (SSSR count). The average molecular weight is 563 g/mol. The van der Waals surface area contributed by atoms with Gasteiger partial charge in [-0.1, -0.05) is 78.9 Å². The molecule has 214 valence electrons. The molecule has 7 heteroatoms. The van der Waals surface area contributed by atoms with Gasteiger partial charge in [0.1, 0.15) is 18.1 Å². The molecule has 4 aromatic rings. The largest absolute Gasteiger partial charge is 0.464 e. The van der Waals surface area contributed by atoms with E-state index in [-0.39, 0.29) is 18.9 Å². The van der Waals surface area contributed by atoms with E-state index < -0.39 is 29.5 Å². The van der Waals surface area contributed by atoms with Crippen LogP contribution in [0.5, 0.6) is 0 Å². The SMILES string of the molecule is CC(C)(C)OC(=O)Nc1ccc(NC(=O)[C@@H](Cc2ccccc2)C(=O)OCC2c3ccccc3-c3ccccc32)cc1. The monoisotopic (exact) mass is 562 g/mol. The van der Waals surface area contributed by atoms with Crippen molar-refractivity contribution >= 4 is 29.3 Å². The Morgan fingerprint density at radius 2 is 1.24 bits per heavy atom. The summed E-state index contributed by atoms with van der Waals surface area (Å²) in [4.78, 5) is 39.0. The van der Waals surface area contributed by atoms with Crippen LogP contribution in [0.1, 0.15) is 43.4 Å². The van der Waals surface area contributed by atoms with Crippen LogP contribution in [0, 0.1) is 5.92 Å². The first-order chi connectivity index (χ1) is 20.2. The number of amides is 2. The predicted octanol–water partition coefficient (Wildman–Crippen LogP) is 7.19. The smallest absolute Gasteiger partial charge is 0.412 e. The maximum Gasteiger partial charge on any atom is 0.412 e. The van der Waals surface area contributed by atoms with Gasteiger partial charge in [-0.2, -0.15) is 0 Å². The molecule has 0 spiro atoms. The van der Waals surface area contributed by atoms with Crippen LogP contribution in [0.3, 0.4) is 0 Å². The number of benzene rings is 4. The average Bonchev–Trinajstić information content (AvgIpc) is 3.29. The van der Waals surface area contributed by atoms with Crippen molar-refractivity contribution in [2.24, 2.45) is 5.92 Å². The quantitative estimate of drug-likeness (QED) is 0.175. The summed E-state index contributed by atoms with van der Waals surface area (Å²) in [6, 6.07) is 32.3. The van der Waals surface area contributed by atoms with Gasteiger partial charge in [0.25, 0.3) is 0 Å². The van der Waals surface area contributed by atoms with E-state index in [0.29, 0.717) is 11.4 Å². The number of nitrogens with one attached hydrogen (secondary N) is 2. The second-order valence-corrected chi connectivity index (χ2v) is 11.3. The highest BCUT2D eigenvalue weighted by molar-refractivity contribution is 6.05. The molecule has 0 saturated carbocycles. The summed E-state index contributed by atoms with van der Waals surface area (Å²) < 4.78 is 11.2. The number of rotatable bonds is 8. The number of carbonyl (C=O) groups excluding carboxylic acids is 3. The lowest BCUT2D eigenvalue weighted by Gasteiger charge is -2.20. The number of hydrogen-bond donors (Lipinski definition) is 2. The fourth-order valence-corrected chi connectivity index (χ4v) is 5.13. The summed E-state index contributed by atoms with van der Waals surface area (Å²) in [5.41, 5.74) is 5.72. The van der Waals surface area contributed by atoms with Crippen molar-refractivity contribution in [1.29, 1.82) is 0 Å². The fraction of sp³-hybridized carbons (Fsp3) is 0.229. The van der Waals surface area contributed by atoms with Crippen LogP contribution in [-0.4, -0.2) is 30.2 Å². The van der Waals surface area contributed by atoms with Crippen molar-refractivity contribution in [2.75, 3.05) is 17.2 Å². The summed E-state index contributed by atoms with van der Waals surface area (Å²) >= 11 is 0. The van der Waals surface area contributed by atoms with Gasteiger partial charge < -0.3 is 14.8 Å². The summed E-state index contributed by atoms with van der Waals surface area (Å²) in [7, 11) is 0. The third-order valence-corrected chi connectivity index (χ3v) is 7.04. The Bertz CT molecular complexity index is 1530. The lowest BCUT2D eigenvalue weighted by atomic mass is 9.97. The van der Waals surface area contributed by atoms with Gasteiger partial charge in [-0.05, 0) is 79.3 Å². The van der Waals surface area contributed by atoms with Crippen molar-refractivity contribution < 1.29 is 23.9 Å². The molecule has 0 heterocycles. The van der Waals surface area contributed by atoms with Gasteiger partial charge in [0.15, 0.2) is 0 Å². The molecule has 0 fully saturated rings. The van der Waals surface area contributed by atoms with Gasteiger partial charge in [0, 0.05) is 17.3 Å². The summed E-state index contributed by atoms with van der Waals surface area (Å²) in [6.07, 6.45) is -0.376. The number of anilines is 2. The maximum absolute atomic E-state index is 13.5. The molecule has 0 aliphatic heterocycles. The second-order valence-electron chi connectivity index (χ2n) is 11.3. The first-order valence-electron chi connectivity index (χ1n) is 14.0. The fourth-order valence-electron chi connectivity index (χ4n) is 5.13. The Morgan fingerprint density at radius 1 is 0.714 bits per heavy atom. The number of carbonyl (C=O) groups is 3. The molecular weight excluding hydrogens is 528 g/mol. The van der Waals surface area contributed by atoms with Crippen LogP contribution < -0.4 is 10.6 Å². The summed E-state index contributed by atoms with van der Waals surface area (Å²) in [5, 5.41) is 5.50. The highest BCUT2D eigenvalue weighted by atomic mass is 16.6. The third kappa shape index (κ3) is 6.86. The van der Waals surface area contributed by atoms with Gasteiger partial charge >= 0.3 is 12.1 Å². The van der Waals surface area contributed by atoms with Crippen LogP contribution in [0.15, 0.2) is 103 Å². The maximum atomic E-state index is 13.5. The lowest BCUT2D eigenvalue weighted by Crippen LogP contribution is -2.33. The zero-order valence-corrected chi connectivity index (χ0v) is 23.9. The minimum atomic E-state index is -1.06. The van der Waals surface area contributed by atoms with Gasteiger partial charge in [-0.15, -0.1) is 0 Å². The van der Waals surface area contributed by atoms with Crippen molar-refractivity contribution in [3.8, 4) is 11.1 Å². The minimum Gasteiger partial charge on any atom is -0.464 e. The van der Waals surface area contributed by atoms with E-state index in [4.69, 9.17) is 9.47 Å². The Kier molecular flexibility index (Phi) is 8.38. The van der Waals surface area contributed by atoms with Crippen LogP contribution in [0.4, 0.5) is 16.2 Å². The number of hydrogen-bond acceptors (Lipinski definition) is 5. The number of esters is 1. The Morgan fingerprint density at radius 3 is 1.81 bits per heavy atom. The standard InChI is InChI=1S/C35H34N2O5/c1-35(2,3)42-34(40)37-25-19-17-24(18-20-25)36-32(38)30(21-23-11-5-4-6-12-23)33(39)41-22-31-28-15-9-7-13-26(28)27-14-8-10-16-29(27)31/h4-20,30-31H,21-22H2,1-3H3,(H,36,38)(H,37,40)/t30-/m1/s1. The van der Waals surface area contributed by atoms with E-state index in [1.807, 2.05) is 54.6 Å². The van der Waals surface area contributed by atoms with Crippen LogP contribution in [0.25, 0.3) is 11.1 Å². The van der Waals surface area contributed by atoms with Gasteiger partial charge in [0.05, 0.1) is 0 Å². The first-order valence-corrected chi connectivity index (χ1v) is 14.0. The van der Waals surface area contributed by atoms with E-state index in [9.17, 15) is 14.4 Å². The highest BCUT2D eigenvalue weighted by Gasteiger charge is 2.33. The molecule has 2 N–H and O–H groups in total. The van der Waals surface area contributed by atoms with E-state index in [1.54, 1.807) is 45.0 Å². The molecule has 1 atom stereocenters. The molecule has 0 radical (unpaired) electrons. The Balaban J connectivity index is 1.29. The molecule has 1 aliphatic carbocycles. The molecule has 0 aromatic heterocycles. The zero-order chi connectivity index (χ0) is 29.7. The van der Waals surface area contributed by atoms with E-state index in [2.05, 4.69) is 34.9 Å². The minimum absolute atomic E-state index is 0.105. The van der Waals surface area contributed by atoms with E-state index >= 15 is 0 Å². The van der Waals surface area contributed by atoms with Crippen LogP contribution in [0.2, 0.25) is 0 Å². The predicted molar refractivity (Wildman–Crippen MR) is 163 cm³/mol. The molecule has 7 nitrogen and oxygen atoms in total. The van der Waals surface area contributed by atoms with Crippen LogP contribution >= 0.6 is 0 Å². The second kappa shape index (κ2) is 12.3. The molecular formula is C35H34N2O5. The van der Waals surface area contributed by atoms with Gasteiger partial charge in [0.2, 0.25) is 5.91 Å². The molecule has 42 heavy (non-hydrogen) atoms. The van der Waals surface area contributed by atoms with E-state index in [0.717, 1.165) is 27.8 Å². The summed E-state index contributed by atoms with van der Waals surface area (Å²) in [6.45, 7) is 5.49. The normalized spacial score (nSPS) is 12.9. The Hall–Kier alpha value is -4.91. The molecule has 1 aliphatic rings. The molecule has 0 bridgehead atoms. The van der Waals surface area contributed by atoms with Gasteiger partial charge in [-0.3, -0.25) is 14.9 Å². The lowest BCUT2D eigenvalue weighted by molar-refractivity contribution is -0.151. The number of ether oxygens (including phenoxy) is 2. The van der Waals surface area contributed by atoms with Crippen molar-refractivity contribution in [3.05, 3.63) is 120 Å². The summed E-state index contributed by atoms with van der Waals surface area (Å²) in [5.74, 6) is -2.21. The van der Waals surface area contributed by atoms with Crippen molar-refractivity contribution in [2.45, 2.75) is 38.7 Å². The van der Waals surface area contributed by atoms with Crippen molar-refractivity contribution in [3.63, 3.8) is 0 Å². The van der Waals surface area contributed by atoms with E-state index in [1.165, 1.54) is 0 Å². The van der Waals surface area contributed by atoms with Crippen molar-refractivity contribution in [1.82, 2.24) is 0 Å². The molecule has 0 unspecified atom stereocenters. The zero-order valence-electron chi connectivity index (χ0n) is 23.9. The topological polar surface area (TPSA) is 93.7 Å². The third-order valence-electron chi connectivity index (χ3n) is 7.04. The van der Waals surface area contributed by atoms with Crippen LogP contribution in [-0.2, 0) is 25.5 Å². The molecule has 0 saturated heterocycles.